The molecule has 0 heterocycles. The number of hydrogen-bond donors (Lipinski definition) is 2. The van der Waals surface area contributed by atoms with Crippen LogP contribution in [0.25, 0.3) is 0 Å². The third kappa shape index (κ3) is 9.96. The largest absolute Gasteiger partial charge is 0.389 e. The molecule has 0 aromatic heterocycles. The molecule has 0 amide bonds. The maximum atomic E-state index is 9.57. The minimum absolute atomic E-state index is 0.578. The zero-order chi connectivity index (χ0) is 11.0. The molecule has 3 nitrogen and oxygen atoms in total. The highest BCUT2D eigenvalue weighted by atomic mass is 16.3. The molecule has 0 aromatic rings. The Labute approximate surface area is 88.5 Å². The molecule has 0 aromatic carbocycles. The van der Waals surface area contributed by atoms with Crippen LogP contribution in [0.3, 0.4) is 0 Å². The zero-order valence-corrected chi connectivity index (χ0v) is 10.1. The van der Waals surface area contributed by atoms with Crippen LogP contribution in [0, 0.1) is 0 Å². The summed E-state index contributed by atoms with van der Waals surface area (Å²) in [6.07, 6.45) is 2.34. The van der Waals surface area contributed by atoms with Gasteiger partial charge < -0.3 is 15.3 Å². The van der Waals surface area contributed by atoms with Crippen molar-refractivity contribution >= 4 is 0 Å². The lowest BCUT2D eigenvalue weighted by Crippen LogP contribution is -2.37. The van der Waals surface area contributed by atoms with Gasteiger partial charge >= 0.3 is 0 Å². The van der Waals surface area contributed by atoms with E-state index in [9.17, 15) is 5.11 Å². The molecule has 0 fully saturated rings. The zero-order valence-electron chi connectivity index (χ0n) is 10.1. The lowest BCUT2D eigenvalue weighted by Gasteiger charge is -2.25. The third-order valence-electron chi connectivity index (χ3n) is 1.98. The molecular formula is C11H26N2O. The summed E-state index contributed by atoms with van der Waals surface area (Å²) >= 11 is 0. The summed E-state index contributed by atoms with van der Waals surface area (Å²) in [5.74, 6) is 0. The van der Waals surface area contributed by atoms with Gasteiger partial charge in [0.2, 0.25) is 0 Å². The van der Waals surface area contributed by atoms with Gasteiger partial charge in [-0.3, -0.25) is 0 Å². The molecule has 0 saturated heterocycles. The van der Waals surface area contributed by atoms with Crippen molar-refractivity contribution in [1.82, 2.24) is 10.2 Å². The molecule has 0 aliphatic heterocycles. The molecule has 86 valence electrons. The van der Waals surface area contributed by atoms with E-state index < -0.39 is 5.60 Å². The highest BCUT2D eigenvalue weighted by Gasteiger charge is 2.14. The van der Waals surface area contributed by atoms with E-state index in [4.69, 9.17) is 0 Å². The van der Waals surface area contributed by atoms with Crippen LogP contribution in [0.15, 0.2) is 0 Å². The summed E-state index contributed by atoms with van der Waals surface area (Å²) in [5.41, 5.74) is -0.578. The van der Waals surface area contributed by atoms with E-state index in [0.717, 1.165) is 32.6 Å². The number of hydrogen-bond acceptors (Lipinski definition) is 3. The van der Waals surface area contributed by atoms with Crippen molar-refractivity contribution < 1.29 is 5.11 Å². The van der Waals surface area contributed by atoms with Gasteiger partial charge in [0.1, 0.15) is 0 Å². The minimum Gasteiger partial charge on any atom is -0.389 e. The number of rotatable bonds is 8. The van der Waals surface area contributed by atoms with Crippen LogP contribution >= 0.6 is 0 Å². The minimum atomic E-state index is -0.578. The van der Waals surface area contributed by atoms with Gasteiger partial charge in [-0.25, -0.2) is 0 Å². The first kappa shape index (κ1) is 13.9. The Kier molecular flexibility index (Phi) is 7.15. The van der Waals surface area contributed by atoms with Crippen LogP contribution in [-0.4, -0.2) is 48.8 Å². The van der Waals surface area contributed by atoms with E-state index >= 15 is 0 Å². The van der Waals surface area contributed by atoms with E-state index in [1.54, 1.807) is 0 Å². The first-order valence-corrected chi connectivity index (χ1v) is 5.57. The van der Waals surface area contributed by atoms with Crippen LogP contribution in [0.5, 0.6) is 0 Å². The first-order chi connectivity index (χ1) is 6.45. The molecule has 0 unspecified atom stereocenters. The van der Waals surface area contributed by atoms with Gasteiger partial charge in [0, 0.05) is 6.54 Å². The van der Waals surface area contributed by atoms with Gasteiger partial charge in [0.25, 0.3) is 0 Å². The highest BCUT2D eigenvalue weighted by Crippen LogP contribution is 2.02. The summed E-state index contributed by atoms with van der Waals surface area (Å²) in [5, 5.41) is 12.9. The van der Waals surface area contributed by atoms with E-state index in [1.165, 1.54) is 6.42 Å². The molecule has 0 radical (unpaired) electrons. The van der Waals surface area contributed by atoms with Crippen LogP contribution in [0.4, 0.5) is 0 Å². The quantitative estimate of drug-likeness (QED) is 0.578. The maximum absolute atomic E-state index is 9.57. The van der Waals surface area contributed by atoms with Crippen LogP contribution < -0.4 is 5.32 Å². The predicted molar refractivity (Wildman–Crippen MR) is 61.6 cm³/mol. The molecule has 0 saturated carbocycles. The summed E-state index contributed by atoms with van der Waals surface area (Å²) < 4.78 is 0. The van der Waals surface area contributed by atoms with Gasteiger partial charge in [-0.1, -0.05) is 6.92 Å². The van der Waals surface area contributed by atoms with Gasteiger partial charge in [-0.15, -0.1) is 0 Å². The molecule has 3 heteroatoms. The average Bonchev–Trinajstić information content (AvgIpc) is 2.00. The Bertz CT molecular complexity index is 132. The van der Waals surface area contributed by atoms with Gasteiger partial charge in [0.05, 0.1) is 5.60 Å². The van der Waals surface area contributed by atoms with Crippen LogP contribution in [0.1, 0.15) is 33.6 Å². The van der Waals surface area contributed by atoms with E-state index in [2.05, 4.69) is 24.2 Å². The molecule has 14 heavy (non-hydrogen) atoms. The SMILES string of the molecule is CCCNCCCN(C)CC(C)(C)O. The molecule has 0 aliphatic rings. The fourth-order valence-electron chi connectivity index (χ4n) is 1.52. The van der Waals surface area contributed by atoms with E-state index in [0.29, 0.717) is 0 Å². The van der Waals surface area contributed by atoms with Gasteiger partial charge in [0.15, 0.2) is 0 Å². The van der Waals surface area contributed by atoms with Crippen molar-refractivity contribution in [1.29, 1.82) is 0 Å². The Morgan fingerprint density at radius 3 is 2.43 bits per heavy atom. The Morgan fingerprint density at radius 1 is 1.29 bits per heavy atom. The molecule has 0 bridgehead atoms. The molecule has 2 N–H and O–H groups in total. The summed E-state index contributed by atoms with van der Waals surface area (Å²) in [7, 11) is 2.05. The van der Waals surface area contributed by atoms with Crippen molar-refractivity contribution in [3.05, 3.63) is 0 Å². The lowest BCUT2D eigenvalue weighted by molar-refractivity contribution is 0.0444. The Morgan fingerprint density at radius 2 is 1.93 bits per heavy atom. The second-order valence-corrected chi connectivity index (χ2v) is 4.65. The Hall–Kier alpha value is -0.120. The second-order valence-electron chi connectivity index (χ2n) is 4.65. The van der Waals surface area contributed by atoms with E-state index in [-0.39, 0.29) is 0 Å². The molecule has 0 spiro atoms. The average molecular weight is 202 g/mol. The van der Waals surface area contributed by atoms with Gasteiger partial charge in [-0.05, 0) is 53.4 Å². The smallest absolute Gasteiger partial charge is 0.0718 e. The number of nitrogens with zero attached hydrogens (tertiary/aromatic N) is 1. The normalized spacial score (nSPS) is 12.4. The molecule has 0 atom stereocenters. The second kappa shape index (κ2) is 7.21. The molecule has 0 rings (SSSR count). The molecular weight excluding hydrogens is 176 g/mol. The highest BCUT2D eigenvalue weighted by molar-refractivity contribution is 4.69. The Balaban J connectivity index is 3.31. The number of nitrogens with one attached hydrogen (secondary N) is 1. The number of aliphatic hydroxyl groups is 1. The fraction of sp³-hybridized carbons (Fsp3) is 1.00. The van der Waals surface area contributed by atoms with Crippen molar-refractivity contribution in [3.63, 3.8) is 0 Å². The monoisotopic (exact) mass is 202 g/mol. The summed E-state index contributed by atoms with van der Waals surface area (Å²) in [6.45, 7) is 9.83. The van der Waals surface area contributed by atoms with Gasteiger partial charge in [-0.2, -0.15) is 0 Å². The van der Waals surface area contributed by atoms with E-state index in [1.807, 2.05) is 13.8 Å². The first-order valence-electron chi connectivity index (χ1n) is 5.57. The van der Waals surface area contributed by atoms with Crippen molar-refractivity contribution in [2.75, 3.05) is 33.2 Å². The number of likely N-dealkylation sites (N-methyl/N-ethyl adjacent to an activating group) is 1. The van der Waals surface area contributed by atoms with Crippen LogP contribution in [-0.2, 0) is 0 Å². The lowest BCUT2D eigenvalue weighted by atomic mass is 10.1. The predicted octanol–water partition coefficient (Wildman–Crippen LogP) is 1.08. The van der Waals surface area contributed by atoms with Crippen molar-refractivity contribution in [3.8, 4) is 0 Å². The van der Waals surface area contributed by atoms with Crippen molar-refractivity contribution in [2.45, 2.75) is 39.2 Å². The summed E-state index contributed by atoms with van der Waals surface area (Å²) in [6, 6.07) is 0. The third-order valence-corrected chi connectivity index (χ3v) is 1.98. The standard InChI is InChI=1S/C11H26N2O/c1-5-7-12-8-6-9-13(4)10-11(2,3)14/h12,14H,5-10H2,1-4H3. The maximum Gasteiger partial charge on any atom is 0.0718 e. The van der Waals surface area contributed by atoms with Crippen LogP contribution in [0.2, 0.25) is 0 Å². The molecule has 0 aliphatic carbocycles. The fourth-order valence-corrected chi connectivity index (χ4v) is 1.52. The van der Waals surface area contributed by atoms with Crippen molar-refractivity contribution in [2.24, 2.45) is 0 Å². The summed E-state index contributed by atoms with van der Waals surface area (Å²) in [4.78, 5) is 2.17. The topological polar surface area (TPSA) is 35.5 Å².